The number of nitrogens with one attached hydrogen (secondary N) is 1. The Morgan fingerprint density at radius 2 is 1.92 bits per heavy atom. The number of rotatable bonds is 3. The first-order valence-corrected chi connectivity index (χ1v) is 7.88. The summed E-state index contributed by atoms with van der Waals surface area (Å²) in [6.07, 6.45) is 0. The molecule has 6 heteroatoms. The number of carbonyl (C=O) groups is 1. The van der Waals surface area contributed by atoms with Crippen LogP contribution >= 0.6 is 0 Å². The number of halogens is 1. The van der Waals surface area contributed by atoms with E-state index in [1.807, 2.05) is 6.92 Å². The van der Waals surface area contributed by atoms with Crippen molar-refractivity contribution in [3.8, 4) is 5.75 Å². The van der Waals surface area contributed by atoms with Crippen molar-refractivity contribution in [2.45, 2.75) is 13.0 Å². The molecule has 0 bridgehead atoms. The van der Waals surface area contributed by atoms with Gasteiger partial charge in [-0.05, 0) is 42.8 Å². The molecule has 25 heavy (non-hydrogen) atoms. The fourth-order valence-electron chi connectivity index (χ4n) is 3.05. The zero-order valence-electron chi connectivity index (χ0n) is 13.3. The summed E-state index contributed by atoms with van der Waals surface area (Å²) in [5, 5.41) is 2.87. The highest BCUT2D eigenvalue weighted by Crippen LogP contribution is 2.31. The predicted octanol–water partition coefficient (Wildman–Crippen LogP) is 3.16. The van der Waals surface area contributed by atoms with Gasteiger partial charge in [-0.25, -0.2) is 4.39 Å². The van der Waals surface area contributed by atoms with Gasteiger partial charge in [-0.1, -0.05) is 12.1 Å². The highest BCUT2D eigenvalue weighted by Gasteiger charge is 2.35. The van der Waals surface area contributed by atoms with Crippen molar-refractivity contribution in [2.24, 2.45) is 0 Å². The Labute approximate surface area is 142 Å². The van der Waals surface area contributed by atoms with Gasteiger partial charge < -0.3 is 14.5 Å². The summed E-state index contributed by atoms with van der Waals surface area (Å²) in [4.78, 5) is 25.1. The van der Waals surface area contributed by atoms with Crippen LogP contribution in [0.15, 0.2) is 51.7 Å². The van der Waals surface area contributed by atoms with E-state index in [0.29, 0.717) is 12.4 Å². The summed E-state index contributed by atoms with van der Waals surface area (Å²) in [5.74, 6) is -0.321. The molecule has 0 spiro atoms. The normalized spacial score (nSPS) is 15.9. The zero-order chi connectivity index (χ0) is 17.6. The molecular weight excluding hydrogens is 325 g/mol. The van der Waals surface area contributed by atoms with Crippen LogP contribution in [0.2, 0.25) is 0 Å². The molecule has 0 saturated heterocycles. The molecule has 1 N–H and O–H groups in total. The molecular formula is C19H14FNO4. The molecule has 126 valence electrons. The largest absolute Gasteiger partial charge is 0.494 e. The molecule has 1 aliphatic rings. The van der Waals surface area contributed by atoms with Gasteiger partial charge in [-0.3, -0.25) is 9.59 Å². The lowest BCUT2D eigenvalue weighted by molar-refractivity contribution is 0.0938. The summed E-state index contributed by atoms with van der Waals surface area (Å²) < 4.78 is 24.5. The standard InChI is InChI=1S/C19H14FNO4/c1-2-24-12-6-3-10(4-7-12)16-15-17(22)13-9-11(20)5-8-14(13)25-18(15)19(23)21-16/h3-9,16H,2H2,1H3,(H,21,23). The van der Waals surface area contributed by atoms with Gasteiger partial charge in [0.15, 0.2) is 5.43 Å². The van der Waals surface area contributed by atoms with Crippen molar-refractivity contribution in [2.75, 3.05) is 6.61 Å². The first-order chi connectivity index (χ1) is 12.1. The minimum absolute atomic E-state index is 0.0250. The van der Waals surface area contributed by atoms with Gasteiger partial charge in [0.05, 0.1) is 23.6 Å². The van der Waals surface area contributed by atoms with Gasteiger partial charge in [0.2, 0.25) is 5.76 Å². The van der Waals surface area contributed by atoms with Crippen LogP contribution in [0.4, 0.5) is 4.39 Å². The number of fused-ring (bicyclic) bond motifs is 2. The number of benzene rings is 2. The maximum Gasteiger partial charge on any atom is 0.288 e. The lowest BCUT2D eigenvalue weighted by Gasteiger charge is -2.12. The van der Waals surface area contributed by atoms with Crippen LogP contribution in [0.3, 0.4) is 0 Å². The van der Waals surface area contributed by atoms with E-state index in [4.69, 9.17) is 9.15 Å². The maximum absolute atomic E-state index is 13.5. The monoisotopic (exact) mass is 339 g/mol. The topological polar surface area (TPSA) is 68.5 Å². The molecule has 0 aliphatic carbocycles. The average molecular weight is 339 g/mol. The van der Waals surface area contributed by atoms with Gasteiger partial charge in [0, 0.05) is 0 Å². The van der Waals surface area contributed by atoms with E-state index in [1.165, 1.54) is 12.1 Å². The van der Waals surface area contributed by atoms with Crippen LogP contribution in [-0.4, -0.2) is 12.5 Å². The molecule has 2 heterocycles. The maximum atomic E-state index is 13.5. The molecule has 3 aromatic rings. The number of hydrogen-bond donors (Lipinski definition) is 1. The first kappa shape index (κ1) is 15.4. The van der Waals surface area contributed by atoms with Crippen molar-refractivity contribution < 1.29 is 18.3 Å². The van der Waals surface area contributed by atoms with Crippen LogP contribution in [0, 0.1) is 5.82 Å². The fraction of sp³-hybridized carbons (Fsp3) is 0.158. The minimum Gasteiger partial charge on any atom is -0.494 e. The molecule has 0 radical (unpaired) electrons. The van der Waals surface area contributed by atoms with Crippen LogP contribution in [0.5, 0.6) is 5.75 Å². The van der Waals surface area contributed by atoms with E-state index in [2.05, 4.69) is 5.32 Å². The molecule has 1 amide bonds. The average Bonchev–Trinajstić information content (AvgIpc) is 2.94. The molecule has 2 aromatic carbocycles. The molecule has 0 saturated carbocycles. The van der Waals surface area contributed by atoms with E-state index in [0.717, 1.165) is 11.6 Å². The minimum atomic E-state index is -0.637. The van der Waals surface area contributed by atoms with Gasteiger partial charge in [0.25, 0.3) is 5.91 Å². The molecule has 1 unspecified atom stereocenters. The second-order valence-electron chi connectivity index (χ2n) is 5.72. The number of carbonyl (C=O) groups excluding carboxylic acids is 1. The Hall–Kier alpha value is -3.15. The molecule has 5 nitrogen and oxygen atoms in total. The fourth-order valence-corrected chi connectivity index (χ4v) is 3.05. The summed E-state index contributed by atoms with van der Waals surface area (Å²) in [6.45, 7) is 2.43. The first-order valence-electron chi connectivity index (χ1n) is 7.88. The van der Waals surface area contributed by atoms with Crippen molar-refractivity contribution in [1.82, 2.24) is 5.32 Å². The zero-order valence-corrected chi connectivity index (χ0v) is 13.3. The molecule has 0 fully saturated rings. The van der Waals surface area contributed by atoms with Crippen molar-refractivity contribution >= 4 is 16.9 Å². The van der Waals surface area contributed by atoms with Crippen LogP contribution in [-0.2, 0) is 0 Å². The van der Waals surface area contributed by atoms with Crippen LogP contribution < -0.4 is 15.5 Å². The Morgan fingerprint density at radius 3 is 2.64 bits per heavy atom. The SMILES string of the molecule is CCOc1ccc(C2NC(=O)c3oc4ccc(F)cc4c(=O)c32)cc1. The molecule has 1 aliphatic heterocycles. The Morgan fingerprint density at radius 1 is 1.16 bits per heavy atom. The second kappa shape index (κ2) is 5.73. The third kappa shape index (κ3) is 2.46. The van der Waals surface area contributed by atoms with Gasteiger partial charge >= 0.3 is 0 Å². The summed E-state index contributed by atoms with van der Waals surface area (Å²) in [5.41, 5.74) is 0.700. The summed E-state index contributed by atoms with van der Waals surface area (Å²) >= 11 is 0. The Balaban J connectivity index is 1.87. The smallest absolute Gasteiger partial charge is 0.288 e. The van der Waals surface area contributed by atoms with E-state index in [-0.39, 0.29) is 22.3 Å². The van der Waals surface area contributed by atoms with Crippen LogP contribution in [0.25, 0.3) is 11.0 Å². The van der Waals surface area contributed by atoms with E-state index >= 15 is 0 Å². The number of hydrogen-bond acceptors (Lipinski definition) is 4. The highest BCUT2D eigenvalue weighted by atomic mass is 19.1. The second-order valence-corrected chi connectivity index (χ2v) is 5.72. The Bertz CT molecular complexity index is 1040. The summed E-state index contributed by atoms with van der Waals surface area (Å²) in [7, 11) is 0. The number of ether oxygens (including phenoxy) is 1. The lowest BCUT2D eigenvalue weighted by Crippen LogP contribution is -2.21. The van der Waals surface area contributed by atoms with Crippen molar-refractivity contribution in [3.63, 3.8) is 0 Å². The van der Waals surface area contributed by atoms with Gasteiger partial charge in [-0.15, -0.1) is 0 Å². The highest BCUT2D eigenvalue weighted by molar-refractivity contribution is 5.98. The van der Waals surface area contributed by atoms with Crippen LogP contribution in [0.1, 0.15) is 34.6 Å². The van der Waals surface area contributed by atoms with Gasteiger partial charge in [0.1, 0.15) is 17.1 Å². The van der Waals surface area contributed by atoms with Crippen molar-refractivity contribution in [1.29, 1.82) is 0 Å². The predicted molar refractivity (Wildman–Crippen MR) is 89.4 cm³/mol. The van der Waals surface area contributed by atoms with E-state index in [9.17, 15) is 14.0 Å². The quantitative estimate of drug-likeness (QED) is 0.796. The number of amides is 1. The van der Waals surface area contributed by atoms with Gasteiger partial charge in [-0.2, -0.15) is 0 Å². The Kier molecular flexibility index (Phi) is 3.53. The third-order valence-corrected chi connectivity index (χ3v) is 4.18. The lowest BCUT2D eigenvalue weighted by atomic mass is 9.99. The summed E-state index contributed by atoms with van der Waals surface area (Å²) in [6, 6.07) is 10.1. The molecule has 1 atom stereocenters. The van der Waals surface area contributed by atoms with Crippen molar-refractivity contribution in [3.05, 3.63) is 75.4 Å². The molecule has 1 aromatic heterocycles. The van der Waals surface area contributed by atoms with E-state index in [1.54, 1.807) is 24.3 Å². The van der Waals surface area contributed by atoms with E-state index < -0.39 is 23.2 Å². The molecule has 4 rings (SSSR count). The third-order valence-electron chi connectivity index (χ3n) is 4.18.